The van der Waals surface area contributed by atoms with Gasteiger partial charge in [-0.05, 0) is 53.9 Å². The molecule has 0 aliphatic heterocycles. The largest absolute Gasteiger partial charge is 0.512 e. The number of alkyl halides is 3. The number of carbonyl (C=O) groups is 1. The number of carbonyl (C=O) groups excluding carboxylic acids is 1. The average Bonchev–Trinajstić information content (AvgIpc) is 2.81. The maximum atomic E-state index is 13.7. The molecule has 1 heterocycles. The number of benzene rings is 4. The quantitative estimate of drug-likeness (QED) is 0.0884. The number of aromatic nitrogens is 1. The first-order valence-electron chi connectivity index (χ1n) is 11.2. The number of aryl methyl sites for hydroxylation is 1. The third-order valence-corrected chi connectivity index (χ3v) is 5.67. The third-order valence-electron chi connectivity index (χ3n) is 5.67. The van der Waals surface area contributed by atoms with Crippen molar-refractivity contribution in [1.82, 2.24) is 4.98 Å². The molecule has 7 heteroatoms. The van der Waals surface area contributed by atoms with Gasteiger partial charge < -0.3 is 5.11 Å². The molecular weight excluding hydrogens is 656 g/mol. The monoisotopic (exact) mass is 679 g/mol. The van der Waals surface area contributed by atoms with Crippen molar-refractivity contribution >= 4 is 38.1 Å². The molecule has 0 atom stereocenters. The standard InChI is InChI=1S/C25H15F3N.C5H8O2.Ir/c1-15-6-7-16-8-9-21-20(22(16)12-15)10-11-29-24(21)18-13-17-4-2-3-5-19(17)23(14-18)25(26,27)28;1-4(6)3-5(2)7;/h2-12,14H,1H3;3,6H,1-2H3;/q-1;;/b;4-3-;. The number of allylic oxidation sites excluding steroid dienone is 2. The molecule has 3 nitrogen and oxygen atoms in total. The minimum Gasteiger partial charge on any atom is -0.512 e. The smallest absolute Gasteiger partial charge is 0.403 e. The van der Waals surface area contributed by atoms with Crippen LogP contribution in [0, 0.1) is 13.0 Å². The molecule has 0 bridgehead atoms. The van der Waals surface area contributed by atoms with Crippen LogP contribution in [-0.4, -0.2) is 15.9 Å². The summed E-state index contributed by atoms with van der Waals surface area (Å²) in [5.41, 5.74) is 1.30. The zero-order valence-corrected chi connectivity index (χ0v) is 22.7. The summed E-state index contributed by atoms with van der Waals surface area (Å²) in [6, 6.07) is 22.8. The Kier molecular flexibility index (Phi) is 8.52. The number of ketones is 1. The molecule has 1 N–H and O–H groups in total. The van der Waals surface area contributed by atoms with Crippen molar-refractivity contribution in [1.29, 1.82) is 0 Å². The summed E-state index contributed by atoms with van der Waals surface area (Å²) in [4.78, 5) is 14.5. The van der Waals surface area contributed by atoms with Gasteiger partial charge in [0.2, 0.25) is 0 Å². The molecule has 1 radical (unpaired) electrons. The summed E-state index contributed by atoms with van der Waals surface area (Å²) in [7, 11) is 0. The van der Waals surface area contributed by atoms with Crippen LogP contribution in [0.3, 0.4) is 0 Å². The van der Waals surface area contributed by atoms with E-state index in [9.17, 15) is 18.0 Å². The number of hydrogen-bond acceptors (Lipinski definition) is 3. The van der Waals surface area contributed by atoms with E-state index in [0.29, 0.717) is 16.6 Å². The number of aliphatic hydroxyl groups excluding tert-OH is 1. The Bertz CT molecular complexity index is 1640. The van der Waals surface area contributed by atoms with Crippen molar-refractivity contribution in [2.75, 3.05) is 0 Å². The Balaban J connectivity index is 0.000000422. The van der Waals surface area contributed by atoms with Crippen LogP contribution in [0.2, 0.25) is 0 Å². The first kappa shape index (κ1) is 28.0. The van der Waals surface area contributed by atoms with Gasteiger partial charge in [-0.3, -0.25) is 9.78 Å². The van der Waals surface area contributed by atoms with Crippen LogP contribution in [0.1, 0.15) is 25.0 Å². The van der Waals surface area contributed by atoms with E-state index in [1.807, 2.05) is 37.3 Å². The predicted octanol–water partition coefficient (Wildman–Crippen LogP) is 8.37. The Morgan fingerprint density at radius 1 is 0.919 bits per heavy atom. The van der Waals surface area contributed by atoms with Crippen molar-refractivity contribution in [2.45, 2.75) is 26.9 Å². The molecule has 0 aliphatic rings. The molecule has 4 aromatic carbocycles. The van der Waals surface area contributed by atoms with Crippen LogP contribution < -0.4 is 0 Å². The van der Waals surface area contributed by atoms with E-state index in [4.69, 9.17) is 5.11 Å². The minimum atomic E-state index is -4.46. The number of fused-ring (bicyclic) bond motifs is 4. The van der Waals surface area contributed by atoms with E-state index < -0.39 is 11.7 Å². The van der Waals surface area contributed by atoms with Gasteiger partial charge in [0.15, 0.2) is 5.78 Å². The average molecular weight is 679 g/mol. The summed E-state index contributed by atoms with van der Waals surface area (Å²) in [5, 5.41) is 12.8. The molecule has 1 aromatic heterocycles. The van der Waals surface area contributed by atoms with E-state index in [1.165, 1.54) is 26.0 Å². The molecule has 0 unspecified atom stereocenters. The van der Waals surface area contributed by atoms with Crippen molar-refractivity contribution in [3.8, 4) is 11.3 Å². The molecular formula is C30H23F3IrNO2-. The van der Waals surface area contributed by atoms with Gasteiger partial charge >= 0.3 is 6.18 Å². The number of halogens is 3. The summed E-state index contributed by atoms with van der Waals surface area (Å²) in [6.07, 6.45) is -1.65. The molecule has 5 aromatic rings. The van der Waals surface area contributed by atoms with Gasteiger partial charge in [-0.1, -0.05) is 65.0 Å². The molecule has 0 fully saturated rings. The zero-order chi connectivity index (χ0) is 26.0. The first-order chi connectivity index (χ1) is 17.0. The van der Waals surface area contributed by atoms with Gasteiger partial charge in [0.25, 0.3) is 0 Å². The van der Waals surface area contributed by atoms with Gasteiger partial charge in [0.1, 0.15) is 0 Å². The third kappa shape index (κ3) is 6.24. The van der Waals surface area contributed by atoms with E-state index in [2.05, 4.69) is 17.1 Å². The molecule has 0 aliphatic carbocycles. The first-order valence-corrected chi connectivity index (χ1v) is 11.2. The predicted molar refractivity (Wildman–Crippen MR) is 138 cm³/mol. The Morgan fingerprint density at radius 2 is 1.62 bits per heavy atom. The van der Waals surface area contributed by atoms with Gasteiger partial charge in [0, 0.05) is 38.1 Å². The molecule has 37 heavy (non-hydrogen) atoms. The number of nitrogens with zero attached hydrogens (tertiary/aromatic N) is 1. The second-order valence-electron chi connectivity index (χ2n) is 8.58. The minimum absolute atomic E-state index is 0. The molecule has 5 rings (SSSR count). The molecule has 0 amide bonds. The molecule has 191 valence electrons. The topological polar surface area (TPSA) is 50.2 Å². The van der Waals surface area contributed by atoms with E-state index in [1.54, 1.807) is 24.4 Å². The fraction of sp³-hybridized carbons (Fsp3) is 0.133. The summed E-state index contributed by atoms with van der Waals surface area (Å²) in [5.74, 6) is -0.0625. The SMILES string of the molecule is CC(=O)/C=C(/C)O.Cc1ccc2ccc3c(-c4[c-]c5ccccc5c(C(F)(F)F)c4)nccc3c2c1.[Ir]. The van der Waals surface area contributed by atoms with Gasteiger partial charge in [-0.2, -0.15) is 13.2 Å². The second kappa shape index (κ2) is 11.2. The second-order valence-corrected chi connectivity index (χ2v) is 8.58. The van der Waals surface area contributed by atoms with E-state index >= 15 is 0 Å². The fourth-order valence-electron chi connectivity index (χ4n) is 4.20. The van der Waals surface area contributed by atoms with Crippen LogP contribution >= 0.6 is 0 Å². The number of aliphatic hydroxyl groups is 1. The van der Waals surface area contributed by atoms with Crippen LogP contribution in [-0.2, 0) is 31.1 Å². The van der Waals surface area contributed by atoms with Crippen molar-refractivity contribution in [3.63, 3.8) is 0 Å². The van der Waals surface area contributed by atoms with Gasteiger partial charge in [0.05, 0.1) is 5.76 Å². The normalized spacial score (nSPS) is 11.7. The Hall–Kier alpha value is -3.54. The van der Waals surface area contributed by atoms with Gasteiger partial charge in [-0.25, -0.2) is 0 Å². The van der Waals surface area contributed by atoms with E-state index in [-0.39, 0.29) is 37.0 Å². The molecule has 0 spiro atoms. The zero-order valence-electron chi connectivity index (χ0n) is 20.3. The maximum Gasteiger partial charge on any atom is 0.403 e. The summed E-state index contributed by atoms with van der Waals surface area (Å²) in [6.45, 7) is 4.87. The number of rotatable bonds is 2. The number of hydrogen-bond donors (Lipinski definition) is 1. The van der Waals surface area contributed by atoms with Crippen LogP contribution in [0.25, 0.3) is 43.6 Å². The van der Waals surface area contributed by atoms with Crippen molar-refractivity contribution < 1.29 is 43.2 Å². The summed E-state index contributed by atoms with van der Waals surface area (Å²) < 4.78 is 41.2. The maximum absolute atomic E-state index is 13.7. The summed E-state index contributed by atoms with van der Waals surface area (Å²) >= 11 is 0. The van der Waals surface area contributed by atoms with Crippen molar-refractivity contribution in [3.05, 3.63) is 102 Å². The van der Waals surface area contributed by atoms with Crippen LogP contribution in [0.15, 0.2) is 84.8 Å². The van der Waals surface area contributed by atoms with Gasteiger partial charge in [-0.15, -0.1) is 23.6 Å². The van der Waals surface area contributed by atoms with Crippen LogP contribution in [0.4, 0.5) is 13.2 Å². The molecule has 0 saturated heterocycles. The van der Waals surface area contributed by atoms with Crippen molar-refractivity contribution in [2.24, 2.45) is 0 Å². The van der Waals surface area contributed by atoms with E-state index in [0.717, 1.165) is 33.2 Å². The Morgan fingerprint density at radius 3 is 2.27 bits per heavy atom. The van der Waals surface area contributed by atoms with Crippen LogP contribution in [0.5, 0.6) is 0 Å². The molecule has 0 saturated carbocycles. The number of pyridine rings is 1. The Labute approximate surface area is 226 Å². The fourth-order valence-corrected chi connectivity index (χ4v) is 4.20.